The molecule has 0 aliphatic rings. The Morgan fingerprint density at radius 2 is 1.80 bits per heavy atom. The lowest BCUT2D eigenvalue weighted by Gasteiger charge is -2.09. The van der Waals surface area contributed by atoms with Crippen molar-refractivity contribution in [3.05, 3.63) is 38.4 Å². The molecule has 1 rings (SSSR count). The second-order valence-electron chi connectivity index (χ2n) is 3.67. The van der Waals surface area contributed by atoms with Gasteiger partial charge >= 0.3 is 0 Å². The SMILES string of the molecule is CC(=O)c1c(C)cc(C)c([N+](=O)[O-])c1C. The Kier molecular flexibility index (Phi) is 2.88. The van der Waals surface area contributed by atoms with E-state index in [1.54, 1.807) is 26.8 Å². The van der Waals surface area contributed by atoms with Crippen LogP contribution in [-0.2, 0) is 0 Å². The van der Waals surface area contributed by atoms with Gasteiger partial charge in [0, 0.05) is 16.7 Å². The molecule has 0 amide bonds. The molecule has 0 spiro atoms. The van der Waals surface area contributed by atoms with E-state index >= 15 is 0 Å². The summed E-state index contributed by atoms with van der Waals surface area (Å²) in [6.45, 7) is 6.52. The Bertz CT molecular complexity index is 411. The Balaban J connectivity index is 3.64. The van der Waals surface area contributed by atoms with Crippen LogP contribution in [0, 0.1) is 30.9 Å². The van der Waals surface area contributed by atoms with Crippen molar-refractivity contribution in [2.24, 2.45) is 0 Å². The summed E-state index contributed by atoms with van der Waals surface area (Å²) >= 11 is 0. The van der Waals surface area contributed by atoms with Crippen molar-refractivity contribution in [2.45, 2.75) is 27.7 Å². The van der Waals surface area contributed by atoms with E-state index in [0.717, 1.165) is 5.56 Å². The lowest BCUT2D eigenvalue weighted by molar-refractivity contribution is -0.386. The molecule has 0 bridgehead atoms. The monoisotopic (exact) mass is 207 g/mol. The fraction of sp³-hybridized carbons (Fsp3) is 0.364. The summed E-state index contributed by atoms with van der Waals surface area (Å²) in [5.41, 5.74) is 2.37. The first kappa shape index (κ1) is 11.4. The number of hydrogen-bond donors (Lipinski definition) is 0. The fourth-order valence-corrected chi connectivity index (χ4v) is 2.00. The summed E-state index contributed by atoms with van der Waals surface area (Å²) in [6.07, 6.45) is 0. The van der Waals surface area contributed by atoms with Crippen LogP contribution in [0.4, 0.5) is 5.69 Å². The van der Waals surface area contributed by atoms with Crippen LogP contribution in [0.15, 0.2) is 6.07 Å². The molecule has 80 valence electrons. The van der Waals surface area contributed by atoms with Crippen LogP contribution in [0.5, 0.6) is 0 Å². The van der Waals surface area contributed by atoms with Crippen molar-refractivity contribution < 1.29 is 9.72 Å². The number of nitrogens with zero attached hydrogens (tertiary/aromatic N) is 1. The van der Waals surface area contributed by atoms with Crippen LogP contribution in [0.25, 0.3) is 0 Å². The van der Waals surface area contributed by atoms with Gasteiger partial charge in [0.15, 0.2) is 5.78 Å². The van der Waals surface area contributed by atoms with Gasteiger partial charge in [0.25, 0.3) is 5.69 Å². The van der Waals surface area contributed by atoms with Crippen molar-refractivity contribution in [2.75, 3.05) is 0 Å². The molecular weight excluding hydrogens is 194 g/mol. The molecule has 0 aromatic heterocycles. The van der Waals surface area contributed by atoms with Gasteiger partial charge in [-0.05, 0) is 39.3 Å². The van der Waals surface area contributed by atoms with Crippen molar-refractivity contribution in [3.63, 3.8) is 0 Å². The molecule has 4 nitrogen and oxygen atoms in total. The molecule has 0 heterocycles. The molecule has 0 unspecified atom stereocenters. The number of nitro groups is 1. The second-order valence-corrected chi connectivity index (χ2v) is 3.67. The molecule has 0 atom stereocenters. The lowest BCUT2D eigenvalue weighted by Crippen LogP contribution is -2.05. The van der Waals surface area contributed by atoms with E-state index in [9.17, 15) is 14.9 Å². The number of benzene rings is 1. The first-order chi connectivity index (χ1) is 6.86. The molecular formula is C11H13NO3. The first-order valence-corrected chi connectivity index (χ1v) is 4.62. The van der Waals surface area contributed by atoms with E-state index in [4.69, 9.17) is 0 Å². The van der Waals surface area contributed by atoms with Crippen LogP contribution < -0.4 is 0 Å². The molecule has 1 aromatic rings. The molecule has 0 radical (unpaired) electrons. The number of aryl methyl sites for hydroxylation is 2. The second kappa shape index (κ2) is 3.81. The number of Topliss-reactive ketones (excluding diaryl/α,β-unsaturated/α-hetero) is 1. The number of carbonyl (C=O) groups excluding carboxylic acids is 1. The third kappa shape index (κ3) is 1.88. The molecule has 0 saturated heterocycles. The van der Waals surface area contributed by atoms with Crippen molar-refractivity contribution in [1.29, 1.82) is 0 Å². The largest absolute Gasteiger partial charge is 0.294 e. The number of rotatable bonds is 2. The van der Waals surface area contributed by atoms with Crippen LogP contribution in [0.2, 0.25) is 0 Å². The Morgan fingerprint density at radius 3 is 2.20 bits per heavy atom. The molecule has 0 fully saturated rings. The standard InChI is InChI=1S/C11H13NO3/c1-6-5-7(2)11(12(14)15)8(3)10(6)9(4)13/h5H,1-4H3. The highest BCUT2D eigenvalue weighted by molar-refractivity contribution is 5.98. The Hall–Kier alpha value is -1.71. The van der Waals surface area contributed by atoms with Crippen molar-refractivity contribution in [3.8, 4) is 0 Å². The van der Waals surface area contributed by atoms with Crippen LogP contribution in [0.1, 0.15) is 34.0 Å². The highest BCUT2D eigenvalue weighted by Gasteiger charge is 2.21. The van der Waals surface area contributed by atoms with E-state index < -0.39 is 4.92 Å². The highest BCUT2D eigenvalue weighted by Crippen LogP contribution is 2.28. The third-order valence-electron chi connectivity index (χ3n) is 2.47. The summed E-state index contributed by atoms with van der Waals surface area (Å²) in [5, 5.41) is 10.8. The van der Waals surface area contributed by atoms with E-state index in [2.05, 4.69) is 0 Å². The van der Waals surface area contributed by atoms with E-state index in [-0.39, 0.29) is 11.5 Å². The number of hydrogen-bond acceptors (Lipinski definition) is 3. The molecule has 4 heteroatoms. The predicted molar refractivity (Wildman–Crippen MR) is 57.3 cm³/mol. The molecule has 1 aromatic carbocycles. The van der Waals surface area contributed by atoms with Gasteiger partial charge < -0.3 is 0 Å². The topological polar surface area (TPSA) is 60.2 Å². The molecule has 0 aliphatic heterocycles. The summed E-state index contributed by atoms with van der Waals surface area (Å²) in [7, 11) is 0. The van der Waals surface area contributed by atoms with Gasteiger partial charge in [0.1, 0.15) is 0 Å². The zero-order valence-electron chi connectivity index (χ0n) is 9.25. The van der Waals surface area contributed by atoms with Gasteiger partial charge in [0.2, 0.25) is 0 Å². The molecule has 0 saturated carbocycles. The summed E-state index contributed by atoms with van der Waals surface area (Å²) in [5.74, 6) is -0.131. The average Bonchev–Trinajstić information content (AvgIpc) is 1.99. The number of ketones is 1. The van der Waals surface area contributed by atoms with Gasteiger partial charge in [-0.1, -0.05) is 0 Å². The summed E-state index contributed by atoms with van der Waals surface area (Å²) in [4.78, 5) is 21.7. The van der Waals surface area contributed by atoms with Gasteiger partial charge in [-0.25, -0.2) is 0 Å². The molecule has 0 aliphatic carbocycles. The van der Waals surface area contributed by atoms with E-state index in [1.165, 1.54) is 6.92 Å². The molecule has 0 N–H and O–H groups in total. The number of nitro benzene ring substituents is 1. The van der Waals surface area contributed by atoms with E-state index in [0.29, 0.717) is 16.7 Å². The average molecular weight is 207 g/mol. The quantitative estimate of drug-likeness (QED) is 0.425. The summed E-state index contributed by atoms with van der Waals surface area (Å²) in [6, 6.07) is 1.68. The van der Waals surface area contributed by atoms with Crippen LogP contribution >= 0.6 is 0 Å². The van der Waals surface area contributed by atoms with Gasteiger partial charge in [-0.3, -0.25) is 14.9 Å². The lowest BCUT2D eigenvalue weighted by atomic mass is 9.95. The smallest absolute Gasteiger partial charge is 0.275 e. The zero-order valence-corrected chi connectivity index (χ0v) is 9.25. The van der Waals surface area contributed by atoms with Crippen LogP contribution in [0.3, 0.4) is 0 Å². The number of carbonyl (C=O) groups is 1. The predicted octanol–water partition coefficient (Wildman–Crippen LogP) is 2.72. The minimum atomic E-state index is -0.434. The maximum absolute atomic E-state index is 11.4. The van der Waals surface area contributed by atoms with E-state index in [1.807, 2.05) is 0 Å². The van der Waals surface area contributed by atoms with Crippen LogP contribution in [-0.4, -0.2) is 10.7 Å². The minimum absolute atomic E-state index is 0.0470. The third-order valence-corrected chi connectivity index (χ3v) is 2.47. The normalized spacial score (nSPS) is 10.1. The van der Waals surface area contributed by atoms with Gasteiger partial charge in [0.05, 0.1) is 4.92 Å². The fourth-order valence-electron chi connectivity index (χ4n) is 2.00. The highest BCUT2D eigenvalue weighted by atomic mass is 16.6. The first-order valence-electron chi connectivity index (χ1n) is 4.62. The van der Waals surface area contributed by atoms with Gasteiger partial charge in [-0.15, -0.1) is 0 Å². The Labute approximate surface area is 88.1 Å². The maximum atomic E-state index is 11.4. The van der Waals surface area contributed by atoms with Gasteiger partial charge in [-0.2, -0.15) is 0 Å². The molecule has 15 heavy (non-hydrogen) atoms. The van der Waals surface area contributed by atoms with Crippen molar-refractivity contribution in [1.82, 2.24) is 0 Å². The minimum Gasteiger partial charge on any atom is -0.294 e. The Morgan fingerprint density at radius 1 is 1.27 bits per heavy atom. The zero-order chi connectivity index (χ0) is 11.7. The van der Waals surface area contributed by atoms with Crippen molar-refractivity contribution >= 4 is 11.5 Å². The maximum Gasteiger partial charge on any atom is 0.275 e. The summed E-state index contributed by atoms with van der Waals surface area (Å²) < 4.78 is 0.